The molecule has 4 rings (SSSR count). The van der Waals surface area contributed by atoms with Crippen molar-refractivity contribution in [1.82, 2.24) is 20.2 Å². The van der Waals surface area contributed by atoms with E-state index in [9.17, 15) is 4.79 Å². The first-order valence-electron chi connectivity index (χ1n) is 10.00. The van der Waals surface area contributed by atoms with Gasteiger partial charge in [-0.1, -0.05) is 81.8 Å². The van der Waals surface area contributed by atoms with Gasteiger partial charge in [-0.3, -0.25) is 9.36 Å². The van der Waals surface area contributed by atoms with E-state index in [0.29, 0.717) is 21.7 Å². The van der Waals surface area contributed by atoms with Crippen molar-refractivity contribution in [2.75, 3.05) is 5.75 Å². The van der Waals surface area contributed by atoms with Gasteiger partial charge in [0.15, 0.2) is 11.0 Å². The van der Waals surface area contributed by atoms with Crippen LogP contribution in [0.2, 0.25) is 5.02 Å². The lowest BCUT2D eigenvalue weighted by molar-refractivity contribution is -0.118. The third kappa shape index (κ3) is 5.90. The third-order valence-electron chi connectivity index (χ3n) is 4.67. The molecule has 1 N–H and O–H groups in total. The number of hydrazone groups is 1. The van der Waals surface area contributed by atoms with Gasteiger partial charge in [-0.15, -0.1) is 10.2 Å². The Morgan fingerprint density at radius 1 is 1.06 bits per heavy atom. The quantitative estimate of drug-likeness (QED) is 0.178. The van der Waals surface area contributed by atoms with E-state index in [1.165, 1.54) is 11.8 Å². The molecule has 0 aliphatic rings. The highest BCUT2D eigenvalue weighted by Crippen LogP contribution is 2.28. The van der Waals surface area contributed by atoms with E-state index in [4.69, 9.17) is 11.6 Å². The van der Waals surface area contributed by atoms with E-state index in [0.717, 1.165) is 21.3 Å². The molecule has 3 aromatic carbocycles. The number of thioether (sulfide) groups is 1. The number of rotatable bonds is 7. The maximum absolute atomic E-state index is 12.5. The fourth-order valence-corrected chi connectivity index (χ4v) is 4.32. The second-order valence-corrected chi connectivity index (χ2v) is 9.31. The monoisotopic (exact) mass is 539 g/mol. The van der Waals surface area contributed by atoms with Gasteiger partial charge in [-0.25, -0.2) is 5.43 Å². The Kier molecular flexibility index (Phi) is 7.59. The predicted molar refractivity (Wildman–Crippen MR) is 137 cm³/mol. The summed E-state index contributed by atoms with van der Waals surface area (Å²) in [6.07, 6.45) is 0. The molecular weight excluding hydrogens is 522 g/mol. The average molecular weight is 541 g/mol. The summed E-state index contributed by atoms with van der Waals surface area (Å²) in [7, 11) is 0. The molecule has 0 unspecified atom stereocenters. The third-order valence-corrected chi connectivity index (χ3v) is 6.35. The molecule has 6 nitrogen and oxygen atoms in total. The maximum atomic E-state index is 12.5. The van der Waals surface area contributed by atoms with Crippen molar-refractivity contribution >= 4 is 50.9 Å². The van der Waals surface area contributed by atoms with Crippen LogP contribution in [0, 0.1) is 0 Å². The summed E-state index contributed by atoms with van der Waals surface area (Å²) < 4.78 is 2.87. The van der Waals surface area contributed by atoms with Gasteiger partial charge in [0.05, 0.1) is 11.5 Å². The smallest absolute Gasteiger partial charge is 0.250 e. The van der Waals surface area contributed by atoms with Crippen LogP contribution in [0.3, 0.4) is 0 Å². The van der Waals surface area contributed by atoms with Crippen LogP contribution in [-0.4, -0.2) is 32.1 Å². The number of nitrogens with one attached hydrogen (secondary N) is 1. The summed E-state index contributed by atoms with van der Waals surface area (Å²) >= 11 is 10.8. The highest BCUT2D eigenvalue weighted by molar-refractivity contribution is 9.10. The number of nitrogens with zero attached hydrogens (tertiary/aromatic N) is 4. The summed E-state index contributed by atoms with van der Waals surface area (Å²) in [6.45, 7) is 1.85. The Morgan fingerprint density at radius 2 is 1.82 bits per heavy atom. The highest BCUT2D eigenvalue weighted by Gasteiger charge is 2.17. The Morgan fingerprint density at radius 3 is 2.55 bits per heavy atom. The Hall–Kier alpha value is -2.94. The Balaban J connectivity index is 1.52. The second kappa shape index (κ2) is 10.8. The van der Waals surface area contributed by atoms with Gasteiger partial charge in [-0.05, 0) is 48.9 Å². The molecule has 9 heteroatoms. The van der Waals surface area contributed by atoms with Crippen molar-refractivity contribution in [1.29, 1.82) is 0 Å². The lowest BCUT2D eigenvalue weighted by Gasteiger charge is -2.10. The fraction of sp³-hybridized carbons (Fsp3) is 0.0833. The van der Waals surface area contributed by atoms with Crippen molar-refractivity contribution < 1.29 is 4.79 Å². The van der Waals surface area contributed by atoms with E-state index < -0.39 is 0 Å². The van der Waals surface area contributed by atoms with Crippen molar-refractivity contribution in [3.8, 4) is 17.1 Å². The molecule has 0 radical (unpaired) electrons. The van der Waals surface area contributed by atoms with Crippen LogP contribution in [0.4, 0.5) is 0 Å². The molecule has 1 heterocycles. The number of carbonyl (C=O) groups is 1. The summed E-state index contributed by atoms with van der Waals surface area (Å²) in [4.78, 5) is 12.5. The molecule has 4 aromatic rings. The van der Waals surface area contributed by atoms with Crippen LogP contribution in [-0.2, 0) is 4.79 Å². The number of amides is 1. The standard InChI is InChI=1S/C24H19BrClN5OS/c1-16(18-8-5-9-19(25)14-18)27-28-22(32)15-33-24-30-29-23(17-6-3-2-4-7-17)31(24)21-12-10-20(26)11-13-21/h2-14H,15H2,1H3,(H,28,32)/b27-16+. The first-order chi connectivity index (χ1) is 16.0. The number of aromatic nitrogens is 3. The zero-order valence-corrected chi connectivity index (χ0v) is 20.7. The van der Waals surface area contributed by atoms with Gasteiger partial charge >= 0.3 is 0 Å². The van der Waals surface area contributed by atoms with Crippen LogP contribution < -0.4 is 5.43 Å². The molecule has 1 amide bonds. The summed E-state index contributed by atoms with van der Waals surface area (Å²) in [6, 6.07) is 24.9. The summed E-state index contributed by atoms with van der Waals surface area (Å²) in [5, 5.41) is 14.2. The minimum absolute atomic E-state index is 0.135. The molecule has 33 heavy (non-hydrogen) atoms. The van der Waals surface area contributed by atoms with Crippen molar-refractivity contribution in [2.24, 2.45) is 5.10 Å². The first-order valence-corrected chi connectivity index (χ1v) is 12.2. The molecule has 0 spiro atoms. The molecule has 0 saturated heterocycles. The number of hydrogen-bond donors (Lipinski definition) is 1. The molecule has 166 valence electrons. The van der Waals surface area contributed by atoms with Crippen LogP contribution >= 0.6 is 39.3 Å². The lowest BCUT2D eigenvalue weighted by Crippen LogP contribution is -2.21. The molecule has 1 aromatic heterocycles. The van der Waals surface area contributed by atoms with E-state index in [1.54, 1.807) is 0 Å². The van der Waals surface area contributed by atoms with Crippen molar-refractivity contribution in [3.63, 3.8) is 0 Å². The lowest BCUT2D eigenvalue weighted by atomic mass is 10.1. The number of benzene rings is 3. The Labute approximate surface area is 209 Å². The normalized spacial score (nSPS) is 11.4. The zero-order chi connectivity index (χ0) is 23.2. The largest absolute Gasteiger partial charge is 0.272 e. The average Bonchev–Trinajstić information content (AvgIpc) is 3.26. The molecule has 0 aliphatic carbocycles. The van der Waals surface area contributed by atoms with Crippen LogP contribution in [0.15, 0.2) is 93.6 Å². The highest BCUT2D eigenvalue weighted by atomic mass is 79.9. The molecular formula is C24H19BrClN5OS. The summed E-state index contributed by atoms with van der Waals surface area (Å²) in [5.74, 6) is 0.584. The summed E-state index contributed by atoms with van der Waals surface area (Å²) in [5.41, 5.74) is 6.03. The molecule has 0 saturated carbocycles. The van der Waals surface area contributed by atoms with E-state index >= 15 is 0 Å². The van der Waals surface area contributed by atoms with Crippen molar-refractivity contribution in [3.05, 3.63) is 93.9 Å². The SMILES string of the molecule is C/C(=N\NC(=O)CSc1nnc(-c2ccccc2)n1-c1ccc(Cl)cc1)c1cccc(Br)c1. The molecule has 0 bridgehead atoms. The van der Waals surface area contributed by atoms with Crippen LogP contribution in [0.1, 0.15) is 12.5 Å². The zero-order valence-electron chi connectivity index (χ0n) is 17.6. The number of hydrogen-bond acceptors (Lipinski definition) is 5. The van der Waals surface area contributed by atoms with E-state index in [1.807, 2.05) is 90.4 Å². The van der Waals surface area contributed by atoms with Gasteiger partial charge in [0, 0.05) is 20.7 Å². The number of halogens is 2. The second-order valence-electron chi connectivity index (χ2n) is 7.02. The molecule has 0 aliphatic heterocycles. The maximum Gasteiger partial charge on any atom is 0.250 e. The van der Waals surface area contributed by atoms with Gasteiger partial charge in [0.25, 0.3) is 5.91 Å². The van der Waals surface area contributed by atoms with E-state index in [2.05, 4.69) is 36.7 Å². The van der Waals surface area contributed by atoms with E-state index in [-0.39, 0.29) is 11.7 Å². The Bertz CT molecular complexity index is 1290. The number of carbonyl (C=O) groups excluding carboxylic acids is 1. The first kappa shape index (κ1) is 23.2. The fourth-order valence-electron chi connectivity index (χ4n) is 3.05. The van der Waals surface area contributed by atoms with Crippen LogP contribution in [0.25, 0.3) is 17.1 Å². The minimum Gasteiger partial charge on any atom is -0.272 e. The molecule has 0 atom stereocenters. The van der Waals surface area contributed by atoms with Crippen LogP contribution in [0.5, 0.6) is 0 Å². The van der Waals surface area contributed by atoms with Gasteiger partial charge in [-0.2, -0.15) is 5.10 Å². The predicted octanol–water partition coefficient (Wildman–Crippen LogP) is 5.98. The van der Waals surface area contributed by atoms with Crippen molar-refractivity contribution in [2.45, 2.75) is 12.1 Å². The topological polar surface area (TPSA) is 72.2 Å². The van der Waals surface area contributed by atoms with Gasteiger partial charge in [0.2, 0.25) is 0 Å². The van der Waals surface area contributed by atoms with Gasteiger partial charge < -0.3 is 0 Å². The van der Waals surface area contributed by atoms with Gasteiger partial charge in [0.1, 0.15) is 0 Å². The minimum atomic E-state index is -0.235. The molecule has 0 fully saturated rings.